The minimum Gasteiger partial charge on any atom is -0.387 e. The van der Waals surface area contributed by atoms with E-state index in [-0.39, 0.29) is 5.41 Å². The summed E-state index contributed by atoms with van der Waals surface area (Å²) in [6.07, 6.45) is 4.34. The van der Waals surface area contributed by atoms with Crippen molar-refractivity contribution in [1.82, 2.24) is 5.32 Å². The Hall–Kier alpha value is -0.280. The molecule has 1 fully saturated rings. The monoisotopic (exact) mass is 315 g/mol. The highest BCUT2D eigenvalue weighted by Crippen LogP contribution is 2.35. The second-order valence-corrected chi connectivity index (χ2v) is 7.22. The highest BCUT2D eigenvalue weighted by molar-refractivity contribution is 6.33. The fourth-order valence-corrected chi connectivity index (χ4v) is 3.43. The van der Waals surface area contributed by atoms with E-state index in [2.05, 4.69) is 19.2 Å². The van der Waals surface area contributed by atoms with Gasteiger partial charge in [-0.05, 0) is 36.5 Å². The molecule has 2 rings (SSSR count). The molecule has 1 saturated carbocycles. The molecule has 4 heteroatoms. The van der Waals surface area contributed by atoms with Gasteiger partial charge in [0.25, 0.3) is 0 Å². The smallest absolute Gasteiger partial charge is 0.0929 e. The third kappa shape index (κ3) is 3.88. The van der Waals surface area contributed by atoms with E-state index in [1.807, 2.05) is 0 Å². The maximum atomic E-state index is 10.3. The highest BCUT2D eigenvalue weighted by atomic mass is 35.5. The zero-order chi connectivity index (χ0) is 14.8. The second kappa shape index (κ2) is 6.65. The zero-order valence-corrected chi connectivity index (χ0v) is 13.6. The quantitative estimate of drug-likeness (QED) is 0.852. The molecule has 20 heavy (non-hydrogen) atoms. The molecule has 2 unspecified atom stereocenters. The molecule has 1 aromatic carbocycles. The molecule has 1 aliphatic rings. The Morgan fingerprint density at radius 3 is 2.80 bits per heavy atom. The van der Waals surface area contributed by atoms with Crippen LogP contribution in [0.2, 0.25) is 10.0 Å². The maximum Gasteiger partial charge on any atom is 0.0929 e. The first-order chi connectivity index (χ1) is 9.40. The lowest BCUT2D eigenvalue weighted by atomic mass is 9.73. The molecule has 112 valence electrons. The van der Waals surface area contributed by atoms with Gasteiger partial charge in [0.05, 0.1) is 6.10 Å². The predicted octanol–water partition coefficient (Wildman–Crippen LogP) is 4.59. The number of hydrogen-bond acceptors (Lipinski definition) is 2. The van der Waals surface area contributed by atoms with E-state index >= 15 is 0 Å². The third-order valence-electron chi connectivity index (χ3n) is 4.38. The third-order valence-corrected chi connectivity index (χ3v) is 4.96. The number of aliphatic hydroxyl groups excluding tert-OH is 1. The van der Waals surface area contributed by atoms with Crippen LogP contribution in [0, 0.1) is 5.41 Å². The van der Waals surface area contributed by atoms with Crippen molar-refractivity contribution >= 4 is 23.2 Å². The Kier molecular flexibility index (Phi) is 5.36. The van der Waals surface area contributed by atoms with Crippen LogP contribution in [0.4, 0.5) is 0 Å². The summed E-state index contributed by atoms with van der Waals surface area (Å²) in [7, 11) is 0. The van der Waals surface area contributed by atoms with E-state index in [1.54, 1.807) is 18.2 Å². The van der Waals surface area contributed by atoms with Crippen LogP contribution in [-0.2, 0) is 0 Å². The Balaban J connectivity index is 1.98. The number of hydrogen-bond donors (Lipinski definition) is 2. The molecule has 0 radical (unpaired) electrons. The lowest BCUT2D eigenvalue weighted by molar-refractivity contribution is 0.127. The zero-order valence-electron chi connectivity index (χ0n) is 12.1. The standard InChI is InChI=1S/C16H23Cl2NO/c1-16(2)8-4-3-5-15(16)19-10-14(20)12-9-11(17)6-7-13(12)18/h6-7,9,14-15,19-20H,3-5,8,10H2,1-2H3. The highest BCUT2D eigenvalue weighted by Gasteiger charge is 2.32. The van der Waals surface area contributed by atoms with Crippen molar-refractivity contribution in [2.75, 3.05) is 6.54 Å². The maximum absolute atomic E-state index is 10.3. The SMILES string of the molecule is CC1(C)CCCCC1NCC(O)c1cc(Cl)ccc1Cl. The van der Waals surface area contributed by atoms with Gasteiger partial charge >= 0.3 is 0 Å². The van der Waals surface area contributed by atoms with E-state index in [1.165, 1.54) is 25.7 Å². The molecule has 0 spiro atoms. The van der Waals surface area contributed by atoms with Crippen molar-refractivity contribution in [3.8, 4) is 0 Å². The number of nitrogens with one attached hydrogen (secondary N) is 1. The fourth-order valence-electron chi connectivity index (χ4n) is 3.01. The summed E-state index contributed by atoms with van der Waals surface area (Å²) < 4.78 is 0. The summed E-state index contributed by atoms with van der Waals surface area (Å²) >= 11 is 12.1. The van der Waals surface area contributed by atoms with Crippen molar-refractivity contribution in [1.29, 1.82) is 0 Å². The van der Waals surface area contributed by atoms with Crippen molar-refractivity contribution in [3.63, 3.8) is 0 Å². The van der Waals surface area contributed by atoms with Gasteiger partial charge in [-0.25, -0.2) is 0 Å². The number of rotatable bonds is 4. The van der Waals surface area contributed by atoms with Gasteiger partial charge in [0.1, 0.15) is 0 Å². The molecule has 2 nitrogen and oxygen atoms in total. The second-order valence-electron chi connectivity index (χ2n) is 6.38. The van der Waals surface area contributed by atoms with Crippen molar-refractivity contribution in [3.05, 3.63) is 33.8 Å². The van der Waals surface area contributed by atoms with Crippen LogP contribution in [0.5, 0.6) is 0 Å². The lowest BCUT2D eigenvalue weighted by Crippen LogP contribution is -2.45. The summed E-state index contributed by atoms with van der Waals surface area (Å²) in [6.45, 7) is 5.10. The van der Waals surface area contributed by atoms with Gasteiger partial charge in [0.15, 0.2) is 0 Å². The summed E-state index contributed by atoms with van der Waals surface area (Å²) in [5, 5.41) is 15.0. The lowest BCUT2D eigenvalue weighted by Gasteiger charge is -2.39. The molecule has 0 amide bonds. The summed E-state index contributed by atoms with van der Waals surface area (Å²) in [5.74, 6) is 0. The fraction of sp³-hybridized carbons (Fsp3) is 0.625. The first kappa shape index (κ1) is 16.1. The van der Waals surface area contributed by atoms with E-state index < -0.39 is 6.10 Å². The van der Waals surface area contributed by atoms with Crippen LogP contribution < -0.4 is 5.32 Å². The molecule has 0 saturated heterocycles. The van der Waals surface area contributed by atoms with Gasteiger partial charge < -0.3 is 10.4 Å². The average molecular weight is 316 g/mol. The number of benzene rings is 1. The van der Waals surface area contributed by atoms with Gasteiger partial charge in [-0.2, -0.15) is 0 Å². The van der Waals surface area contributed by atoms with Crippen LogP contribution >= 0.6 is 23.2 Å². The molecule has 2 N–H and O–H groups in total. The summed E-state index contributed by atoms with van der Waals surface area (Å²) in [4.78, 5) is 0. The minimum atomic E-state index is -0.626. The number of aliphatic hydroxyl groups is 1. The van der Waals surface area contributed by atoms with Gasteiger partial charge in [-0.15, -0.1) is 0 Å². The van der Waals surface area contributed by atoms with E-state index in [0.29, 0.717) is 28.2 Å². The van der Waals surface area contributed by atoms with Crippen LogP contribution in [0.1, 0.15) is 51.2 Å². The first-order valence-electron chi connectivity index (χ1n) is 7.26. The van der Waals surface area contributed by atoms with Gasteiger partial charge in [0, 0.05) is 28.2 Å². The van der Waals surface area contributed by atoms with Gasteiger partial charge in [-0.3, -0.25) is 0 Å². The summed E-state index contributed by atoms with van der Waals surface area (Å²) in [6, 6.07) is 5.65. The predicted molar refractivity (Wildman–Crippen MR) is 85.5 cm³/mol. The van der Waals surface area contributed by atoms with Crippen LogP contribution in [0.25, 0.3) is 0 Å². The summed E-state index contributed by atoms with van der Waals surface area (Å²) in [5.41, 5.74) is 0.983. The van der Waals surface area contributed by atoms with Crippen LogP contribution in [-0.4, -0.2) is 17.7 Å². The van der Waals surface area contributed by atoms with Gasteiger partial charge in [0.2, 0.25) is 0 Å². The molecule has 0 bridgehead atoms. The Morgan fingerprint density at radius 1 is 1.35 bits per heavy atom. The van der Waals surface area contributed by atoms with E-state index in [9.17, 15) is 5.11 Å². The molecular weight excluding hydrogens is 293 g/mol. The van der Waals surface area contributed by atoms with Crippen LogP contribution in [0.3, 0.4) is 0 Å². The van der Waals surface area contributed by atoms with E-state index in [0.717, 1.165) is 0 Å². The van der Waals surface area contributed by atoms with Crippen LogP contribution in [0.15, 0.2) is 18.2 Å². The largest absolute Gasteiger partial charge is 0.387 e. The van der Waals surface area contributed by atoms with Crippen molar-refractivity contribution in [2.24, 2.45) is 5.41 Å². The van der Waals surface area contributed by atoms with Crippen molar-refractivity contribution in [2.45, 2.75) is 51.7 Å². The first-order valence-corrected chi connectivity index (χ1v) is 8.02. The van der Waals surface area contributed by atoms with E-state index in [4.69, 9.17) is 23.2 Å². The molecule has 1 aliphatic carbocycles. The number of halogens is 2. The minimum absolute atomic E-state index is 0.288. The Morgan fingerprint density at radius 2 is 2.10 bits per heavy atom. The molecule has 2 atom stereocenters. The molecule has 0 heterocycles. The average Bonchev–Trinajstić information content (AvgIpc) is 2.39. The Bertz CT molecular complexity index is 462. The molecule has 0 aromatic heterocycles. The molecular formula is C16H23Cl2NO. The molecule has 0 aliphatic heterocycles. The molecule has 1 aromatic rings. The Labute approximate surface area is 131 Å². The van der Waals surface area contributed by atoms with Gasteiger partial charge in [-0.1, -0.05) is 49.9 Å². The van der Waals surface area contributed by atoms with Crippen molar-refractivity contribution < 1.29 is 5.11 Å². The normalized spacial score (nSPS) is 23.6. The topological polar surface area (TPSA) is 32.3 Å².